The zero-order valence-electron chi connectivity index (χ0n) is 9.84. The van der Waals surface area contributed by atoms with Crippen molar-refractivity contribution in [2.75, 3.05) is 5.32 Å². The Kier molecular flexibility index (Phi) is 3.90. The summed E-state index contributed by atoms with van der Waals surface area (Å²) in [5.74, 6) is -1.61. The summed E-state index contributed by atoms with van der Waals surface area (Å²) < 4.78 is 13.2. The highest BCUT2D eigenvalue weighted by Gasteiger charge is 2.17. The third kappa shape index (κ3) is 3.07. The molecule has 1 amide bonds. The molecule has 0 aliphatic carbocycles. The second-order valence-corrected chi connectivity index (χ2v) is 4.13. The highest BCUT2D eigenvalue weighted by molar-refractivity contribution is 6.29. The lowest BCUT2D eigenvalue weighted by molar-refractivity contribution is -0.387. The predicted octanol–water partition coefficient (Wildman–Crippen LogP) is 3.03. The molecule has 0 fully saturated rings. The van der Waals surface area contributed by atoms with Crippen molar-refractivity contribution in [1.82, 2.24) is 4.98 Å². The molecule has 0 unspecified atom stereocenters. The number of carbonyl (C=O) groups is 1. The maximum absolute atomic E-state index is 13.2. The number of pyridine rings is 1. The van der Waals surface area contributed by atoms with Gasteiger partial charge in [0, 0.05) is 11.6 Å². The van der Waals surface area contributed by atoms with E-state index >= 15 is 0 Å². The molecule has 102 valence electrons. The molecule has 1 aromatic heterocycles. The molecule has 0 atom stereocenters. The number of nitrogens with one attached hydrogen (secondary N) is 1. The van der Waals surface area contributed by atoms with Crippen molar-refractivity contribution in [1.29, 1.82) is 0 Å². The van der Waals surface area contributed by atoms with Crippen LogP contribution in [-0.2, 0) is 0 Å². The Hall–Kier alpha value is -2.54. The number of nitro benzene ring substituents is 1. The van der Waals surface area contributed by atoms with Crippen LogP contribution in [0.1, 0.15) is 10.4 Å². The molecule has 0 aliphatic rings. The van der Waals surface area contributed by atoms with Crippen LogP contribution in [0.5, 0.6) is 0 Å². The fraction of sp³-hybridized carbons (Fsp3) is 0. The van der Waals surface area contributed by atoms with E-state index in [1.165, 1.54) is 18.3 Å². The van der Waals surface area contributed by atoms with Gasteiger partial charge in [0.25, 0.3) is 5.91 Å². The first-order chi connectivity index (χ1) is 9.47. The van der Waals surface area contributed by atoms with Crippen molar-refractivity contribution < 1.29 is 14.1 Å². The highest BCUT2D eigenvalue weighted by atomic mass is 35.5. The van der Waals surface area contributed by atoms with Gasteiger partial charge >= 0.3 is 5.69 Å². The van der Waals surface area contributed by atoms with Crippen molar-refractivity contribution in [3.8, 4) is 0 Å². The second kappa shape index (κ2) is 5.62. The molecule has 0 aliphatic heterocycles. The van der Waals surface area contributed by atoms with Gasteiger partial charge in [-0.3, -0.25) is 14.9 Å². The van der Waals surface area contributed by atoms with Gasteiger partial charge in [-0.25, -0.2) is 4.98 Å². The van der Waals surface area contributed by atoms with Crippen LogP contribution in [0.25, 0.3) is 0 Å². The average molecular weight is 296 g/mol. The van der Waals surface area contributed by atoms with Crippen LogP contribution >= 0.6 is 11.6 Å². The van der Waals surface area contributed by atoms with Crippen molar-refractivity contribution in [2.45, 2.75) is 0 Å². The molecule has 0 spiro atoms. The molecule has 0 saturated carbocycles. The molecule has 0 saturated heterocycles. The lowest BCUT2D eigenvalue weighted by Gasteiger charge is -2.05. The minimum atomic E-state index is -1.00. The van der Waals surface area contributed by atoms with Crippen molar-refractivity contribution in [3.05, 3.63) is 63.2 Å². The Morgan fingerprint density at radius 2 is 2.10 bits per heavy atom. The Morgan fingerprint density at radius 1 is 1.35 bits per heavy atom. The summed E-state index contributed by atoms with van der Waals surface area (Å²) in [4.78, 5) is 25.3. The normalized spacial score (nSPS) is 10.1. The van der Waals surface area contributed by atoms with Crippen LogP contribution in [0, 0.1) is 15.9 Å². The molecule has 1 aromatic carbocycles. The summed E-state index contributed by atoms with van der Waals surface area (Å²) in [6.45, 7) is 0. The summed E-state index contributed by atoms with van der Waals surface area (Å²) in [6.07, 6.45) is 1.33. The molecule has 0 radical (unpaired) electrons. The lowest BCUT2D eigenvalue weighted by atomic mass is 10.2. The van der Waals surface area contributed by atoms with Crippen LogP contribution in [-0.4, -0.2) is 15.8 Å². The van der Waals surface area contributed by atoms with Gasteiger partial charge in [-0.05, 0) is 24.3 Å². The quantitative estimate of drug-likeness (QED) is 0.536. The van der Waals surface area contributed by atoms with Crippen molar-refractivity contribution in [2.24, 2.45) is 0 Å². The van der Waals surface area contributed by atoms with E-state index in [2.05, 4.69) is 10.3 Å². The molecular formula is C12H7ClFN3O3. The summed E-state index contributed by atoms with van der Waals surface area (Å²) >= 11 is 5.60. The monoisotopic (exact) mass is 295 g/mol. The Bertz CT molecular complexity index is 676. The smallest absolute Gasteiger partial charge is 0.305 e. The summed E-state index contributed by atoms with van der Waals surface area (Å²) in [7, 11) is 0. The fourth-order valence-corrected chi connectivity index (χ4v) is 1.56. The van der Waals surface area contributed by atoms with Gasteiger partial charge < -0.3 is 5.32 Å². The van der Waals surface area contributed by atoms with E-state index < -0.39 is 22.3 Å². The molecule has 6 nitrogen and oxygen atoms in total. The van der Waals surface area contributed by atoms with E-state index in [4.69, 9.17) is 11.6 Å². The Labute approximate surface area is 117 Å². The van der Waals surface area contributed by atoms with Crippen LogP contribution in [0.4, 0.5) is 15.8 Å². The van der Waals surface area contributed by atoms with Crippen molar-refractivity contribution in [3.63, 3.8) is 0 Å². The van der Waals surface area contributed by atoms with Gasteiger partial charge in [0.15, 0.2) is 0 Å². The SMILES string of the molecule is O=C(Nc1ccc(Cl)nc1)c1ccc(F)c([N+](=O)[O-])c1. The zero-order chi connectivity index (χ0) is 14.7. The third-order valence-electron chi connectivity index (χ3n) is 2.39. The van der Waals surface area contributed by atoms with E-state index in [1.54, 1.807) is 0 Å². The third-order valence-corrected chi connectivity index (χ3v) is 2.61. The fourth-order valence-electron chi connectivity index (χ4n) is 1.45. The second-order valence-electron chi connectivity index (χ2n) is 3.75. The van der Waals surface area contributed by atoms with E-state index in [0.29, 0.717) is 5.69 Å². The number of benzene rings is 1. The maximum Gasteiger partial charge on any atom is 0.305 e. The number of nitro groups is 1. The number of rotatable bonds is 3. The number of hydrogen-bond acceptors (Lipinski definition) is 4. The number of aromatic nitrogens is 1. The zero-order valence-corrected chi connectivity index (χ0v) is 10.6. The molecule has 1 heterocycles. The molecule has 0 bridgehead atoms. The van der Waals surface area contributed by atoms with Gasteiger partial charge in [-0.1, -0.05) is 11.6 Å². The van der Waals surface area contributed by atoms with Gasteiger partial charge in [-0.2, -0.15) is 4.39 Å². The van der Waals surface area contributed by atoms with Crippen LogP contribution < -0.4 is 5.32 Å². The number of halogens is 2. The van der Waals surface area contributed by atoms with Crippen LogP contribution in [0.2, 0.25) is 5.15 Å². The van der Waals surface area contributed by atoms with E-state index in [0.717, 1.165) is 18.2 Å². The maximum atomic E-state index is 13.2. The molecule has 2 rings (SSSR count). The predicted molar refractivity (Wildman–Crippen MR) is 70.3 cm³/mol. The molecule has 8 heteroatoms. The summed E-state index contributed by atoms with van der Waals surface area (Å²) in [5.41, 5.74) is -0.425. The Balaban J connectivity index is 2.23. The number of anilines is 1. The standard InChI is InChI=1S/C12H7ClFN3O3/c13-11-4-2-8(6-15-11)16-12(18)7-1-3-9(14)10(5-7)17(19)20/h1-6H,(H,16,18). The molecule has 1 N–H and O–H groups in total. The van der Waals surface area contributed by atoms with E-state index in [9.17, 15) is 19.3 Å². The number of amides is 1. The Morgan fingerprint density at radius 3 is 2.70 bits per heavy atom. The summed E-state index contributed by atoms with van der Waals surface area (Å²) in [5, 5.41) is 13.3. The molecular weight excluding hydrogens is 289 g/mol. The van der Waals surface area contributed by atoms with Crippen LogP contribution in [0.3, 0.4) is 0 Å². The first kappa shape index (κ1) is 13.9. The van der Waals surface area contributed by atoms with Gasteiger partial charge in [0.05, 0.1) is 16.8 Å². The average Bonchev–Trinajstić information content (AvgIpc) is 2.41. The van der Waals surface area contributed by atoms with E-state index in [1.807, 2.05) is 0 Å². The topological polar surface area (TPSA) is 85.1 Å². The largest absolute Gasteiger partial charge is 0.321 e. The number of hydrogen-bond donors (Lipinski definition) is 1. The first-order valence-corrected chi connectivity index (χ1v) is 5.72. The summed E-state index contributed by atoms with van der Waals surface area (Å²) in [6, 6.07) is 5.89. The highest BCUT2D eigenvalue weighted by Crippen LogP contribution is 2.19. The number of nitrogens with zero attached hydrogens (tertiary/aromatic N) is 2. The molecule has 20 heavy (non-hydrogen) atoms. The van der Waals surface area contributed by atoms with Gasteiger partial charge in [-0.15, -0.1) is 0 Å². The number of carbonyl (C=O) groups excluding carboxylic acids is 1. The van der Waals surface area contributed by atoms with Gasteiger partial charge in [0.1, 0.15) is 5.15 Å². The molecule has 2 aromatic rings. The lowest BCUT2D eigenvalue weighted by Crippen LogP contribution is -2.12. The first-order valence-electron chi connectivity index (χ1n) is 5.34. The van der Waals surface area contributed by atoms with Crippen molar-refractivity contribution >= 4 is 28.9 Å². The minimum absolute atomic E-state index is 0.0342. The minimum Gasteiger partial charge on any atom is -0.321 e. The van der Waals surface area contributed by atoms with Crippen LogP contribution in [0.15, 0.2) is 36.5 Å². The van der Waals surface area contributed by atoms with Gasteiger partial charge in [0.2, 0.25) is 5.82 Å². The van der Waals surface area contributed by atoms with E-state index in [-0.39, 0.29) is 10.7 Å².